The van der Waals surface area contributed by atoms with Crippen molar-refractivity contribution in [1.29, 1.82) is 0 Å². The third kappa shape index (κ3) is 6.98. The second-order valence-corrected chi connectivity index (χ2v) is 7.58. The molecule has 3 rings (SSSR count). The van der Waals surface area contributed by atoms with Gasteiger partial charge < -0.3 is 15.2 Å². The van der Waals surface area contributed by atoms with Crippen molar-refractivity contribution in [2.24, 2.45) is 0 Å². The predicted octanol–water partition coefficient (Wildman–Crippen LogP) is 0.0655. The maximum absolute atomic E-state index is 11.5. The summed E-state index contributed by atoms with van der Waals surface area (Å²) in [5, 5.41) is 4.57. The molecule has 0 atom stereocenters. The van der Waals surface area contributed by atoms with Crippen molar-refractivity contribution in [3.63, 3.8) is 0 Å². The predicted molar refractivity (Wildman–Crippen MR) is 101 cm³/mol. The Morgan fingerprint density at radius 2 is 1.03 bits per heavy atom. The third-order valence-corrected chi connectivity index (χ3v) is 4.36. The van der Waals surface area contributed by atoms with Crippen molar-refractivity contribution in [1.82, 2.24) is 29.9 Å². The van der Waals surface area contributed by atoms with E-state index < -0.39 is 15.0 Å². The largest absolute Gasteiger partial charge is 1.00 e. The number of benzene rings is 1. The van der Waals surface area contributed by atoms with Crippen LogP contribution in [0.4, 0.5) is 23.3 Å². The molecule has 0 unspecified atom stereocenters. The molecule has 0 saturated carbocycles. The minimum Gasteiger partial charge on any atom is -0.744 e. The van der Waals surface area contributed by atoms with Crippen molar-refractivity contribution in [3.05, 3.63) is 39.3 Å². The van der Waals surface area contributed by atoms with E-state index in [1.165, 1.54) is 6.07 Å². The molecule has 0 fully saturated rings. The maximum Gasteiger partial charge on any atom is 1.00 e. The number of nitrogens with one attached hydrogen (secondary N) is 2. The van der Waals surface area contributed by atoms with E-state index in [0.717, 1.165) is 12.1 Å². The van der Waals surface area contributed by atoms with E-state index in [1.54, 1.807) is 0 Å². The Kier molecular flexibility index (Phi) is 8.18. The van der Waals surface area contributed by atoms with Gasteiger partial charge in [0, 0.05) is 11.4 Å². The SMILES string of the molecule is O=S(=O)([O-])c1cc(Nc2nc(Cl)nc(Cl)n2)cc(Nc2nc(Cl)nc(Cl)n2)c1.[Na+]. The number of aromatic nitrogens is 6. The summed E-state index contributed by atoms with van der Waals surface area (Å²) in [6.07, 6.45) is 0. The molecule has 2 aromatic heterocycles. The zero-order valence-corrected chi connectivity index (χ0v) is 19.9. The number of anilines is 4. The minimum atomic E-state index is -4.81. The Labute approximate surface area is 205 Å². The average molecular weight is 506 g/mol. The quantitative estimate of drug-likeness (QED) is 0.356. The van der Waals surface area contributed by atoms with Crippen LogP contribution >= 0.6 is 46.4 Å². The maximum atomic E-state index is 11.5. The summed E-state index contributed by atoms with van der Waals surface area (Å²) in [4.78, 5) is 21.8. The van der Waals surface area contributed by atoms with E-state index >= 15 is 0 Å². The second kappa shape index (κ2) is 9.81. The minimum absolute atomic E-state index is 0. The van der Waals surface area contributed by atoms with Crippen LogP contribution in [-0.4, -0.2) is 42.9 Å². The van der Waals surface area contributed by atoms with Gasteiger partial charge in [-0.15, -0.1) is 0 Å². The van der Waals surface area contributed by atoms with E-state index in [9.17, 15) is 13.0 Å². The molecule has 2 heterocycles. The summed E-state index contributed by atoms with van der Waals surface area (Å²) in [5.41, 5.74) is 0.230. The Balaban J connectivity index is 0.00000300. The van der Waals surface area contributed by atoms with Crippen LogP contribution in [0.5, 0.6) is 0 Å². The van der Waals surface area contributed by atoms with Crippen molar-refractivity contribution in [2.75, 3.05) is 10.6 Å². The van der Waals surface area contributed by atoms with Gasteiger partial charge in [-0.25, -0.2) is 8.42 Å². The second-order valence-electron chi connectivity index (χ2n) is 4.84. The van der Waals surface area contributed by atoms with Gasteiger partial charge in [-0.2, -0.15) is 29.9 Å². The molecule has 1 aromatic carbocycles. The Morgan fingerprint density at radius 3 is 1.34 bits per heavy atom. The van der Waals surface area contributed by atoms with Crippen LogP contribution in [0.25, 0.3) is 0 Å². The number of rotatable bonds is 5. The number of halogens is 4. The van der Waals surface area contributed by atoms with Gasteiger partial charge in [0.1, 0.15) is 10.1 Å². The van der Waals surface area contributed by atoms with Crippen LogP contribution in [0.3, 0.4) is 0 Å². The third-order valence-electron chi connectivity index (χ3n) is 2.87. The van der Waals surface area contributed by atoms with Crippen molar-refractivity contribution in [2.45, 2.75) is 4.90 Å². The van der Waals surface area contributed by atoms with Gasteiger partial charge in [0.2, 0.25) is 33.0 Å². The average Bonchev–Trinajstić information content (AvgIpc) is 2.51. The monoisotopic (exact) mass is 504 g/mol. The van der Waals surface area contributed by atoms with Gasteiger partial charge in [-0.05, 0) is 64.6 Å². The molecular weight excluding hydrogens is 501 g/mol. The summed E-state index contributed by atoms with van der Waals surface area (Å²) >= 11 is 22.8. The first-order valence-corrected chi connectivity index (χ1v) is 9.80. The standard InChI is InChI=1S/C12H6Cl4N8O3S.Na/c13-7-19-8(14)22-11(21-7)17-4-1-5(3-6(2-4)28(25,26)27)18-12-23-9(15)20-10(16)24-12;/h1-3H,(H,25,26,27)(H,17,19,21,22)(H,18,20,23,24);/q;+1/p-1. The van der Waals surface area contributed by atoms with Crippen molar-refractivity contribution >= 4 is 79.8 Å². The molecule has 0 saturated heterocycles. The van der Waals surface area contributed by atoms with E-state index in [4.69, 9.17) is 46.4 Å². The van der Waals surface area contributed by atoms with Crippen molar-refractivity contribution < 1.29 is 42.5 Å². The molecule has 0 amide bonds. The Bertz CT molecular complexity index is 1060. The molecule has 146 valence electrons. The normalized spacial score (nSPS) is 10.9. The molecule has 17 heteroatoms. The van der Waals surface area contributed by atoms with E-state index in [-0.39, 0.29) is 74.0 Å². The molecule has 0 spiro atoms. The van der Waals surface area contributed by atoms with E-state index in [0.29, 0.717) is 0 Å². The Morgan fingerprint density at radius 1 is 0.690 bits per heavy atom. The molecule has 11 nitrogen and oxygen atoms in total. The summed E-state index contributed by atoms with van der Waals surface area (Å²) < 4.78 is 34.4. The van der Waals surface area contributed by atoms with Crippen molar-refractivity contribution in [3.8, 4) is 0 Å². The smallest absolute Gasteiger partial charge is 0.744 e. The molecule has 29 heavy (non-hydrogen) atoms. The fourth-order valence-electron chi connectivity index (χ4n) is 1.91. The van der Waals surface area contributed by atoms with Gasteiger partial charge in [0.15, 0.2) is 0 Å². The first-order chi connectivity index (χ1) is 13.1. The van der Waals surface area contributed by atoms with Crippen LogP contribution in [0.15, 0.2) is 23.1 Å². The van der Waals surface area contributed by atoms with E-state index in [2.05, 4.69) is 40.5 Å². The van der Waals surface area contributed by atoms with Gasteiger partial charge in [0.05, 0.1) is 4.90 Å². The molecule has 0 aliphatic rings. The molecule has 0 radical (unpaired) electrons. The summed E-state index contributed by atoms with van der Waals surface area (Å²) in [7, 11) is -4.81. The summed E-state index contributed by atoms with van der Waals surface area (Å²) in [6, 6.07) is 3.53. The molecule has 2 N–H and O–H groups in total. The van der Waals surface area contributed by atoms with Gasteiger partial charge >= 0.3 is 29.6 Å². The number of nitrogens with zero attached hydrogens (tertiary/aromatic N) is 6. The topological polar surface area (TPSA) is 159 Å². The summed E-state index contributed by atoms with van der Waals surface area (Å²) in [5.74, 6) is -0.162. The number of hydrogen-bond donors (Lipinski definition) is 2. The molecule has 0 bridgehead atoms. The zero-order chi connectivity index (χ0) is 20.5. The fourth-order valence-corrected chi connectivity index (χ4v) is 3.18. The van der Waals surface area contributed by atoms with Crippen LogP contribution in [0, 0.1) is 0 Å². The first-order valence-electron chi connectivity index (χ1n) is 6.88. The molecule has 0 aliphatic carbocycles. The van der Waals surface area contributed by atoms with Crippen LogP contribution in [0.1, 0.15) is 0 Å². The van der Waals surface area contributed by atoms with Crippen LogP contribution in [0.2, 0.25) is 21.1 Å². The molecule has 0 aliphatic heterocycles. The van der Waals surface area contributed by atoms with Crippen LogP contribution < -0.4 is 40.2 Å². The van der Waals surface area contributed by atoms with Gasteiger partial charge in [-0.1, -0.05) is 0 Å². The summed E-state index contributed by atoms with van der Waals surface area (Å²) in [6.45, 7) is 0. The molecular formula is C12H5Cl4N8NaO3S. The zero-order valence-electron chi connectivity index (χ0n) is 14.1. The van der Waals surface area contributed by atoms with Gasteiger partial charge in [0.25, 0.3) is 0 Å². The molecule has 3 aromatic rings. The number of hydrogen-bond acceptors (Lipinski definition) is 11. The van der Waals surface area contributed by atoms with Gasteiger partial charge in [-0.3, -0.25) is 0 Å². The first kappa shape index (κ1) is 24.2. The Hall–Kier alpha value is -1.09. The van der Waals surface area contributed by atoms with Crippen LogP contribution in [-0.2, 0) is 10.1 Å². The van der Waals surface area contributed by atoms with E-state index in [1.807, 2.05) is 0 Å². The fraction of sp³-hybridized carbons (Fsp3) is 0.